The van der Waals surface area contributed by atoms with E-state index in [-0.39, 0.29) is 17.8 Å². The molecular weight excluding hydrogens is 320 g/mol. The van der Waals surface area contributed by atoms with Crippen molar-refractivity contribution in [3.63, 3.8) is 0 Å². The van der Waals surface area contributed by atoms with E-state index in [4.69, 9.17) is 0 Å². The minimum atomic E-state index is -0.655. The van der Waals surface area contributed by atoms with E-state index in [1.807, 2.05) is 32.0 Å². The molecule has 0 aliphatic carbocycles. The van der Waals surface area contributed by atoms with Crippen molar-refractivity contribution >= 4 is 29.2 Å². The second-order valence-corrected chi connectivity index (χ2v) is 5.98. The zero-order valence-corrected chi connectivity index (χ0v) is 14.3. The van der Waals surface area contributed by atoms with Crippen molar-refractivity contribution in [2.24, 2.45) is 4.99 Å². The van der Waals surface area contributed by atoms with Crippen LogP contribution in [0.5, 0.6) is 0 Å². The van der Waals surface area contributed by atoms with Crippen LogP contribution >= 0.6 is 0 Å². The summed E-state index contributed by atoms with van der Waals surface area (Å²) in [6.45, 7) is 5.60. The number of amidine groups is 1. The second-order valence-electron chi connectivity index (χ2n) is 5.98. The fraction of sp³-hybridized carbons (Fsp3) is 0.294. The second kappa shape index (κ2) is 6.76. The number of hydrogen-bond acceptors (Lipinski definition) is 5. The normalized spacial score (nSPS) is 17.3. The largest absolute Gasteiger partial charge is 0.304 e. The Morgan fingerprint density at radius 1 is 1.24 bits per heavy atom. The van der Waals surface area contributed by atoms with E-state index in [1.54, 1.807) is 36.0 Å². The number of rotatable bonds is 4. The maximum atomic E-state index is 12.6. The lowest BCUT2D eigenvalue weighted by atomic mass is 10.2. The number of nitrogens with one attached hydrogen (secondary N) is 2. The first-order chi connectivity index (χ1) is 12.0. The molecule has 0 radical (unpaired) electrons. The fourth-order valence-electron chi connectivity index (χ4n) is 2.50. The summed E-state index contributed by atoms with van der Waals surface area (Å²) in [6.07, 6.45) is 1.62. The summed E-state index contributed by atoms with van der Waals surface area (Å²) in [5.41, 5.74) is 3.45. The summed E-state index contributed by atoms with van der Waals surface area (Å²) in [6, 6.07) is 10.2. The highest BCUT2D eigenvalue weighted by Gasteiger charge is 2.31. The van der Waals surface area contributed by atoms with Crippen LogP contribution in [0.3, 0.4) is 0 Å². The average molecular weight is 340 g/mol. The molecule has 2 aromatic rings. The Balaban J connectivity index is 1.81. The van der Waals surface area contributed by atoms with Gasteiger partial charge in [-0.15, -0.1) is 0 Å². The van der Waals surface area contributed by atoms with Crippen LogP contribution in [0.4, 0.5) is 11.5 Å². The number of hydrogen-bond donors (Lipinski definition) is 2. The van der Waals surface area contributed by atoms with Crippen LogP contribution < -0.4 is 15.8 Å². The number of nitrogens with zero attached hydrogens (tertiary/aromatic N) is 4. The molecule has 130 valence electrons. The third-order valence-corrected chi connectivity index (χ3v) is 3.75. The highest BCUT2D eigenvalue weighted by Crippen LogP contribution is 2.17. The zero-order valence-electron chi connectivity index (χ0n) is 14.3. The lowest BCUT2D eigenvalue weighted by molar-refractivity contribution is -0.120. The Morgan fingerprint density at radius 3 is 2.64 bits per heavy atom. The lowest BCUT2D eigenvalue weighted by Gasteiger charge is -2.30. The molecule has 3 rings (SSSR count). The molecule has 0 spiro atoms. The summed E-state index contributed by atoms with van der Waals surface area (Å²) in [4.78, 5) is 29.1. The van der Waals surface area contributed by atoms with Gasteiger partial charge in [0.05, 0.1) is 11.9 Å². The molecule has 2 amide bonds. The van der Waals surface area contributed by atoms with E-state index >= 15 is 0 Å². The summed E-state index contributed by atoms with van der Waals surface area (Å²) in [5.74, 6) is -0.00886. The minimum absolute atomic E-state index is 0.0764. The predicted molar refractivity (Wildman–Crippen MR) is 95.2 cm³/mol. The van der Waals surface area contributed by atoms with Crippen LogP contribution in [-0.4, -0.2) is 33.5 Å². The van der Waals surface area contributed by atoms with Gasteiger partial charge in [-0.2, -0.15) is 5.10 Å². The monoisotopic (exact) mass is 340 g/mol. The van der Waals surface area contributed by atoms with Gasteiger partial charge in [-0.05, 0) is 32.9 Å². The lowest BCUT2D eigenvalue weighted by Crippen LogP contribution is -2.57. The fourth-order valence-corrected chi connectivity index (χ4v) is 2.50. The maximum Gasteiger partial charge on any atom is 0.293 e. The van der Waals surface area contributed by atoms with Gasteiger partial charge in [-0.3, -0.25) is 15.0 Å². The van der Waals surface area contributed by atoms with Gasteiger partial charge in [0.2, 0.25) is 5.84 Å². The average Bonchev–Trinajstić information content (AvgIpc) is 3.06. The van der Waals surface area contributed by atoms with Crippen LogP contribution in [0, 0.1) is 0 Å². The molecule has 1 aromatic heterocycles. The van der Waals surface area contributed by atoms with E-state index in [9.17, 15) is 9.59 Å². The Labute approximate surface area is 145 Å². The highest BCUT2D eigenvalue weighted by molar-refractivity contribution is 6.43. The Bertz CT molecular complexity index is 812. The van der Waals surface area contributed by atoms with Gasteiger partial charge in [-0.25, -0.2) is 14.7 Å². The number of hydrazine groups is 1. The Hall–Kier alpha value is -3.16. The van der Waals surface area contributed by atoms with Crippen LogP contribution in [0.1, 0.15) is 26.8 Å². The molecule has 0 saturated heterocycles. The van der Waals surface area contributed by atoms with Crippen molar-refractivity contribution in [2.45, 2.75) is 32.9 Å². The van der Waals surface area contributed by atoms with Gasteiger partial charge >= 0.3 is 0 Å². The van der Waals surface area contributed by atoms with Crippen molar-refractivity contribution in [2.75, 3.05) is 10.3 Å². The molecule has 1 aliphatic heterocycles. The number of amides is 2. The number of carbonyl (C=O) groups is 2. The van der Waals surface area contributed by atoms with Gasteiger partial charge in [0.25, 0.3) is 11.8 Å². The van der Waals surface area contributed by atoms with Crippen molar-refractivity contribution < 1.29 is 9.59 Å². The van der Waals surface area contributed by atoms with Gasteiger partial charge in [0.15, 0.2) is 0 Å². The summed E-state index contributed by atoms with van der Waals surface area (Å²) in [5, 5.41) is 8.30. The number of anilines is 2. The van der Waals surface area contributed by atoms with Crippen LogP contribution in [0.15, 0.2) is 47.6 Å². The molecule has 0 bridgehead atoms. The minimum Gasteiger partial charge on any atom is -0.304 e. The molecule has 8 heteroatoms. The molecule has 2 N–H and O–H groups in total. The molecule has 1 aliphatic rings. The zero-order chi connectivity index (χ0) is 18.0. The Kier molecular flexibility index (Phi) is 4.51. The van der Waals surface area contributed by atoms with E-state index in [0.29, 0.717) is 11.5 Å². The number of benzene rings is 1. The molecule has 0 fully saturated rings. The van der Waals surface area contributed by atoms with E-state index in [1.165, 1.54) is 5.01 Å². The SMILES string of the molecule is CC1N=C(C(=O)Nc2ccnn2C(C)C)NN(c2ccccc2)C1=O. The number of carbonyl (C=O) groups excluding carboxylic acids is 2. The molecule has 1 atom stereocenters. The molecule has 1 aromatic carbocycles. The van der Waals surface area contributed by atoms with E-state index in [2.05, 4.69) is 20.8 Å². The maximum absolute atomic E-state index is 12.6. The van der Waals surface area contributed by atoms with Gasteiger partial charge < -0.3 is 5.32 Å². The summed E-state index contributed by atoms with van der Waals surface area (Å²) >= 11 is 0. The first kappa shape index (κ1) is 16.7. The van der Waals surface area contributed by atoms with Crippen LogP contribution in [-0.2, 0) is 9.59 Å². The van der Waals surface area contributed by atoms with E-state index < -0.39 is 11.9 Å². The van der Waals surface area contributed by atoms with Crippen LogP contribution in [0.2, 0.25) is 0 Å². The number of aliphatic imine (C=N–C) groups is 1. The molecular formula is C17H20N6O2. The molecule has 8 nitrogen and oxygen atoms in total. The first-order valence-electron chi connectivity index (χ1n) is 8.05. The van der Waals surface area contributed by atoms with Crippen molar-refractivity contribution in [3.05, 3.63) is 42.6 Å². The third-order valence-electron chi connectivity index (χ3n) is 3.75. The smallest absolute Gasteiger partial charge is 0.293 e. The van der Waals surface area contributed by atoms with Gasteiger partial charge in [0, 0.05) is 12.1 Å². The number of para-hydroxylation sites is 1. The molecule has 0 saturated carbocycles. The van der Waals surface area contributed by atoms with Gasteiger partial charge in [-0.1, -0.05) is 18.2 Å². The summed E-state index contributed by atoms with van der Waals surface area (Å²) in [7, 11) is 0. The first-order valence-corrected chi connectivity index (χ1v) is 8.05. The summed E-state index contributed by atoms with van der Waals surface area (Å²) < 4.78 is 1.70. The molecule has 2 heterocycles. The standard InChI is InChI=1S/C17H20N6O2/c1-11(2)22-14(9-10-18-22)20-16(24)15-19-12(3)17(25)23(21-15)13-7-5-4-6-8-13/h4-12H,1-3H3,(H,19,21)(H,20,24). The van der Waals surface area contributed by atoms with Gasteiger partial charge in [0.1, 0.15) is 11.9 Å². The quantitative estimate of drug-likeness (QED) is 0.887. The third kappa shape index (κ3) is 3.37. The van der Waals surface area contributed by atoms with E-state index in [0.717, 1.165) is 0 Å². The van der Waals surface area contributed by atoms with Crippen LogP contribution in [0.25, 0.3) is 0 Å². The number of aromatic nitrogens is 2. The van der Waals surface area contributed by atoms with Crippen molar-refractivity contribution in [3.8, 4) is 0 Å². The van der Waals surface area contributed by atoms with Crippen molar-refractivity contribution in [1.29, 1.82) is 0 Å². The topological polar surface area (TPSA) is 91.6 Å². The van der Waals surface area contributed by atoms with Crippen molar-refractivity contribution in [1.82, 2.24) is 15.2 Å². The Morgan fingerprint density at radius 2 is 1.96 bits per heavy atom. The molecule has 1 unspecified atom stereocenters. The highest BCUT2D eigenvalue weighted by atomic mass is 16.2. The molecule has 25 heavy (non-hydrogen) atoms. The predicted octanol–water partition coefficient (Wildman–Crippen LogP) is 1.74.